The molecule has 33 heavy (non-hydrogen) atoms. The zero-order valence-electron chi connectivity index (χ0n) is 17.5. The largest absolute Gasteiger partial charge is 0.350 e. The van der Waals surface area contributed by atoms with E-state index in [2.05, 4.69) is 20.8 Å². The minimum atomic E-state index is -0.903. The van der Waals surface area contributed by atoms with Crippen LogP contribution in [0, 0.1) is 18.6 Å². The number of benzene rings is 2. The summed E-state index contributed by atoms with van der Waals surface area (Å²) in [6, 6.07) is 11.0. The van der Waals surface area contributed by atoms with Crippen molar-refractivity contribution in [2.75, 3.05) is 17.6 Å². The molecule has 4 aromatic rings. The van der Waals surface area contributed by atoms with Crippen LogP contribution in [0.3, 0.4) is 0 Å². The third kappa shape index (κ3) is 5.37. The molecule has 2 aromatic heterocycles. The number of anilines is 1. The molecule has 11 heteroatoms. The Morgan fingerprint density at radius 3 is 2.58 bits per heavy atom. The molecule has 170 valence electrons. The molecule has 0 radical (unpaired) electrons. The van der Waals surface area contributed by atoms with Crippen molar-refractivity contribution < 1.29 is 18.4 Å². The van der Waals surface area contributed by atoms with Gasteiger partial charge in [0.2, 0.25) is 11.0 Å². The number of nitrogens with one attached hydrogen (secondary N) is 2. The summed E-state index contributed by atoms with van der Waals surface area (Å²) in [5.41, 5.74) is 0.328. The Labute approximate surface area is 196 Å². The number of halogens is 2. The first-order chi connectivity index (χ1) is 15.9. The lowest BCUT2D eigenvalue weighted by atomic mass is 10.2. The van der Waals surface area contributed by atoms with Gasteiger partial charge in [-0.05, 0) is 25.1 Å². The molecular weight excluding hydrogens is 468 g/mol. The lowest BCUT2D eigenvalue weighted by molar-refractivity contribution is -0.113. The fraction of sp³-hybridized carbons (Fsp3) is 0.182. The summed E-state index contributed by atoms with van der Waals surface area (Å²) >= 11 is 2.69. The summed E-state index contributed by atoms with van der Waals surface area (Å²) in [6.07, 6.45) is 1.90. The summed E-state index contributed by atoms with van der Waals surface area (Å²) < 4.78 is 29.5. The third-order valence-corrected chi connectivity index (χ3v) is 6.51. The second kappa shape index (κ2) is 10.1. The van der Waals surface area contributed by atoms with Gasteiger partial charge in [0.25, 0.3) is 5.91 Å². The number of carbonyl (C=O) groups excluding carboxylic acids is 2. The van der Waals surface area contributed by atoms with E-state index < -0.39 is 23.1 Å². The van der Waals surface area contributed by atoms with Crippen LogP contribution < -0.4 is 10.6 Å². The first kappa shape index (κ1) is 22.9. The van der Waals surface area contributed by atoms with Crippen molar-refractivity contribution in [3.05, 3.63) is 70.9 Å². The Kier molecular flexibility index (Phi) is 6.99. The van der Waals surface area contributed by atoms with Gasteiger partial charge in [-0.1, -0.05) is 35.6 Å². The molecule has 0 bridgehead atoms. The molecule has 0 spiro atoms. The van der Waals surface area contributed by atoms with Crippen molar-refractivity contribution in [1.82, 2.24) is 20.1 Å². The van der Waals surface area contributed by atoms with Crippen LogP contribution in [0.5, 0.6) is 0 Å². The Balaban J connectivity index is 1.40. The van der Waals surface area contributed by atoms with E-state index >= 15 is 0 Å². The maximum absolute atomic E-state index is 13.8. The van der Waals surface area contributed by atoms with Gasteiger partial charge in [-0.2, -0.15) is 0 Å². The topological polar surface area (TPSA) is 88.9 Å². The number of carbonyl (C=O) groups is 2. The second-order valence-electron chi connectivity index (χ2n) is 7.02. The molecule has 0 aliphatic rings. The van der Waals surface area contributed by atoms with Crippen LogP contribution >= 0.6 is 23.1 Å². The molecule has 0 fully saturated rings. The van der Waals surface area contributed by atoms with Gasteiger partial charge in [-0.15, -0.1) is 22.0 Å². The molecule has 0 saturated carbocycles. The molecule has 0 aliphatic heterocycles. The summed E-state index contributed by atoms with van der Waals surface area (Å²) in [6.45, 7) is 2.37. The van der Waals surface area contributed by atoms with Gasteiger partial charge in [0, 0.05) is 35.1 Å². The van der Waals surface area contributed by atoms with E-state index in [1.54, 1.807) is 0 Å². The predicted molar refractivity (Wildman–Crippen MR) is 125 cm³/mol. The molecule has 2 aromatic carbocycles. The third-order valence-electron chi connectivity index (χ3n) is 4.71. The van der Waals surface area contributed by atoms with Crippen molar-refractivity contribution in [3.63, 3.8) is 0 Å². The van der Waals surface area contributed by atoms with E-state index in [1.807, 2.05) is 42.0 Å². The minimum Gasteiger partial charge on any atom is -0.350 e. The number of hydrogen-bond donors (Lipinski definition) is 2. The first-order valence-corrected chi connectivity index (χ1v) is 11.8. The highest BCUT2D eigenvalue weighted by Crippen LogP contribution is 2.30. The SMILES string of the molecule is Cc1nnc(NC(=O)CSc2cn(CCNC(=O)c3c(F)cccc3F)c3ccccc23)s1. The van der Waals surface area contributed by atoms with Gasteiger partial charge in [-0.3, -0.25) is 14.9 Å². The Hall–Kier alpha value is -3.31. The maximum atomic E-state index is 13.8. The molecule has 2 amide bonds. The van der Waals surface area contributed by atoms with Crippen molar-refractivity contribution in [2.24, 2.45) is 0 Å². The number of nitrogens with zero attached hydrogens (tertiary/aromatic N) is 3. The Bertz CT molecular complexity index is 1300. The quantitative estimate of drug-likeness (QED) is 0.363. The van der Waals surface area contributed by atoms with Crippen LogP contribution in [0.25, 0.3) is 10.9 Å². The fourth-order valence-corrected chi connectivity index (χ4v) is 4.75. The molecule has 0 saturated heterocycles. The number of thioether (sulfide) groups is 1. The average Bonchev–Trinajstić information content (AvgIpc) is 3.35. The minimum absolute atomic E-state index is 0.173. The average molecular weight is 488 g/mol. The number of amides is 2. The summed E-state index contributed by atoms with van der Waals surface area (Å²) in [5, 5.41) is 15.2. The highest BCUT2D eigenvalue weighted by molar-refractivity contribution is 8.00. The van der Waals surface area contributed by atoms with Crippen molar-refractivity contribution >= 4 is 50.9 Å². The van der Waals surface area contributed by atoms with Crippen LogP contribution in [-0.4, -0.2) is 38.9 Å². The van der Waals surface area contributed by atoms with E-state index in [0.29, 0.717) is 11.7 Å². The predicted octanol–water partition coefficient (Wildman–Crippen LogP) is 4.24. The summed E-state index contributed by atoms with van der Waals surface area (Å²) in [7, 11) is 0. The number of fused-ring (bicyclic) bond motifs is 1. The van der Waals surface area contributed by atoms with E-state index in [0.717, 1.165) is 32.9 Å². The lowest BCUT2D eigenvalue weighted by Crippen LogP contribution is -2.28. The molecule has 4 rings (SSSR count). The van der Waals surface area contributed by atoms with Gasteiger partial charge in [0.15, 0.2) is 0 Å². The van der Waals surface area contributed by atoms with Gasteiger partial charge in [-0.25, -0.2) is 8.78 Å². The number of para-hydroxylation sites is 1. The molecule has 7 nitrogen and oxygen atoms in total. The van der Waals surface area contributed by atoms with Crippen LogP contribution in [0.4, 0.5) is 13.9 Å². The summed E-state index contributed by atoms with van der Waals surface area (Å²) in [4.78, 5) is 25.4. The Morgan fingerprint density at radius 1 is 1.09 bits per heavy atom. The fourth-order valence-electron chi connectivity index (χ4n) is 3.25. The lowest BCUT2D eigenvalue weighted by Gasteiger charge is -2.09. The Morgan fingerprint density at radius 2 is 1.85 bits per heavy atom. The number of aromatic nitrogens is 3. The molecule has 0 unspecified atom stereocenters. The number of hydrogen-bond acceptors (Lipinski definition) is 6. The zero-order valence-corrected chi connectivity index (χ0v) is 19.1. The molecule has 2 N–H and O–H groups in total. The second-order valence-corrected chi connectivity index (χ2v) is 9.22. The molecule has 2 heterocycles. The maximum Gasteiger partial charge on any atom is 0.257 e. The highest BCUT2D eigenvalue weighted by Gasteiger charge is 2.17. The standard InChI is InChI=1S/C22H19F2N5O2S2/c1-13-27-28-22(33-13)26-19(30)12-32-18-11-29(17-8-3-2-5-14(17)18)10-9-25-21(31)20-15(23)6-4-7-16(20)24/h2-8,11H,9-10,12H2,1H3,(H,25,31)(H,26,28,30). The smallest absolute Gasteiger partial charge is 0.257 e. The number of rotatable bonds is 8. The van der Waals surface area contributed by atoms with Crippen LogP contribution in [0.15, 0.2) is 53.6 Å². The van der Waals surface area contributed by atoms with E-state index in [4.69, 9.17) is 0 Å². The zero-order chi connectivity index (χ0) is 23.4. The first-order valence-electron chi connectivity index (χ1n) is 9.95. The van der Waals surface area contributed by atoms with Gasteiger partial charge in [0.1, 0.15) is 22.2 Å². The van der Waals surface area contributed by atoms with Crippen molar-refractivity contribution in [3.8, 4) is 0 Å². The molecule has 0 atom stereocenters. The molecule has 0 aliphatic carbocycles. The van der Waals surface area contributed by atoms with Crippen molar-refractivity contribution in [1.29, 1.82) is 0 Å². The normalized spacial score (nSPS) is 11.0. The van der Waals surface area contributed by atoms with Gasteiger partial charge < -0.3 is 9.88 Å². The van der Waals surface area contributed by atoms with Gasteiger partial charge >= 0.3 is 0 Å². The van der Waals surface area contributed by atoms with E-state index in [-0.39, 0.29) is 18.2 Å². The van der Waals surface area contributed by atoms with E-state index in [1.165, 1.54) is 29.2 Å². The molecular formula is C22H19F2N5O2S2. The monoisotopic (exact) mass is 487 g/mol. The van der Waals surface area contributed by atoms with Crippen LogP contribution in [-0.2, 0) is 11.3 Å². The summed E-state index contributed by atoms with van der Waals surface area (Å²) in [5.74, 6) is -2.61. The highest BCUT2D eigenvalue weighted by atomic mass is 32.2. The van der Waals surface area contributed by atoms with Crippen molar-refractivity contribution in [2.45, 2.75) is 18.4 Å². The van der Waals surface area contributed by atoms with E-state index in [9.17, 15) is 18.4 Å². The van der Waals surface area contributed by atoms with Crippen LogP contribution in [0.2, 0.25) is 0 Å². The number of aryl methyl sites for hydroxylation is 1. The van der Waals surface area contributed by atoms with Crippen LogP contribution in [0.1, 0.15) is 15.4 Å². The van der Waals surface area contributed by atoms with Gasteiger partial charge in [0.05, 0.1) is 5.75 Å².